The number of aryl methyl sites for hydroxylation is 12. The summed E-state index contributed by atoms with van der Waals surface area (Å²) in [4.78, 5) is 0. The summed E-state index contributed by atoms with van der Waals surface area (Å²) in [6.07, 6.45) is 15.3. The normalized spacial score (nSPS) is 9.08. The quantitative estimate of drug-likeness (QED) is 0.0559. The molecular formula is C144H214. The van der Waals surface area contributed by atoms with E-state index >= 15 is 0 Å². The number of fused-ring (bicyclic) bond motifs is 6. The van der Waals surface area contributed by atoms with Crippen LogP contribution in [0.5, 0.6) is 0 Å². The van der Waals surface area contributed by atoms with Gasteiger partial charge >= 0.3 is 0 Å². The standard InChI is InChI=1S/C24H26.C22H22.C20H20.2C18H18.C10H14.16C2H6/c1-3-19-5-9-21(10-6-19)17-23-13-15-24(16-14-23)18-22-11-7-20(4-2)8-12-22;1-3-17-5-9-19(10-6-17)21-13-15-22(16-14-21)20-11-7-18(4-2)8-12-20;1-3-15-5-8-17(9-6-15)19-12-11-18-13-16(4-2)7-10-20(18)14-19;1-3-13-5-9-17-15(11-13)7-8-16-12-14(4-2)6-10-18(16)17;1-3-13-5-7-15-12-18-10-14(4-2)6-8-16(18)11-17(15)9-13;1-3-9-5-7-10(4-2)8-6-9;16*1-2/h5-16H,3-4,17-18H2,1-2H3;5-16H,3-4H2,1-2H3;5-14H,3-4H2,1-2H3;2*5-12H,3-4H2,1-2H3;5-8H,3-4H2,1-2H3;16*1-2H3. The van der Waals surface area contributed by atoms with E-state index in [0.29, 0.717) is 0 Å². The van der Waals surface area contributed by atoms with Gasteiger partial charge in [0.15, 0.2) is 0 Å². The highest BCUT2D eigenvalue weighted by molar-refractivity contribution is 6.08. The predicted molar refractivity (Wildman–Crippen MR) is 675 cm³/mol. The van der Waals surface area contributed by atoms with Gasteiger partial charge in [0.25, 0.3) is 0 Å². The van der Waals surface area contributed by atoms with Crippen LogP contribution in [0.3, 0.4) is 0 Å². The molecule has 0 aromatic heterocycles. The highest BCUT2D eigenvalue weighted by Crippen LogP contribution is 2.32. The lowest BCUT2D eigenvalue weighted by Gasteiger charge is -2.07. The van der Waals surface area contributed by atoms with Crippen molar-refractivity contribution >= 4 is 53.9 Å². The maximum atomic E-state index is 2.31. The van der Waals surface area contributed by atoms with E-state index in [-0.39, 0.29) is 0 Å². The zero-order valence-corrected chi connectivity index (χ0v) is 101. The second-order valence-corrected chi connectivity index (χ2v) is 29.8. The van der Waals surface area contributed by atoms with E-state index in [9.17, 15) is 0 Å². The molecule has 0 aliphatic heterocycles. The Balaban J connectivity index is -0.000000378. The van der Waals surface area contributed by atoms with Crippen molar-refractivity contribution in [1.82, 2.24) is 0 Å². The van der Waals surface area contributed by atoms with Crippen LogP contribution in [-0.2, 0) is 89.9 Å². The fraction of sp³-hybridized carbons (Fsp3) is 0.403. The predicted octanol–water partition coefficient (Wildman–Crippen LogP) is 47.2. The maximum Gasteiger partial charge on any atom is -0.00258 e. The molecule has 0 heterocycles. The summed E-state index contributed by atoms with van der Waals surface area (Å²) in [6, 6.07) is 121. The average molecular weight is 1950 g/mol. The summed E-state index contributed by atoms with van der Waals surface area (Å²) >= 11 is 0. The van der Waals surface area contributed by atoms with Gasteiger partial charge in [0.05, 0.1) is 0 Å². The Bertz CT molecular complexity index is 5250. The van der Waals surface area contributed by atoms with Gasteiger partial charge in [-0.2, -0.15) is 0 Å². The fourth-order valence-corrected chi connectivity index (χ4v) is 14.5. The van der Waals surface area contributed by atoms with Gasteiger partial charge in [-0.15, -0.1) is 0 Å². The van der Waals surface area contributed by atoms with Crippen LogP contribution in [0.15, 0.2) is 328 Å². The number of hydrogen-bond acceptors (Lipinski definition) is 0. The first-order chi connectivity index (χ1) is 70.8. The van der Waals surface area contributed by atoms with Crippen LogP contribution < -0.4 is 0 Å². The average Bonchev–Trinajstić information content (AvgIpc) is 0.779. The Labute approximate surface area is 892 Å². The van der Waals surface area contributed by atoms with Crippen molar-refractivity contribution in [2.75, 3.05) is 0 Å². The zero-order chi connectivity index (χ0) is 111. The van der Waals surface area contributed by atoms with Crippen LogP contribution >= 0.6 is 0 Å². The lowest BCUT2D eigenvalue weighted by molar-refractivity contribution is 1.10. The van der Waals surface area contributed by atoms with Crippen molar-refractivity contribution in [3.63, 3.8) is 0 Å². The fourth-order valence-electron chi connectivity index (χ4n) is 14.5. The molecular weight excluding hydrogens is 1730 g/mol. The third-order valence-corrected chi connectivity index (χ3v) is 22.3. The molecule has 0 radical (unpaired) electrons. The second-order valence-electron chi connectivity index (χ2n) is 29.8. The minimum absolute atomic E-state index is 1.01. The zero-order valence-electron chi connectivity index (χ0n) is 101. The molecule has 144 heavy (non-hydrogen) atoms. The van der Waals surface area contributed by atoms with E-state index in [0.717, 1.165) is 89.9 Å². The molecule has 0 saturated carbocycles. The third-order valence-electron chi connectivity index (χ3n) is 22.3. The molecule has 0 aliphatic rings. The van der Waals surface area contributed by atoms with Crippen LogP contribution in [-0.4, -0.2) is 0 Å². The molecule has 0 nitrogen and oxygen atoms in total. The molecule has 790 valence electrons. The van der Waals surface area contributed by atoms with Crippen molar-refractivity contribution in [2.24, 2.45) is 0 Å². The Kier molecular flexibility index (Phi) is 96.3. The lowest BCUT2D eigenvalue weighted by Crippen LogP contribution is -1.92. The van der Waals surface area contributed by atoms with Crippen molar-refractivity contribution < 1.29 is 0 Å². The van der Waals surface area contributed by atoms with Crippen molar-refractivity contribution in [3.05, 3.63) is 417 Å². The van der Waals surface area contributed by atoms with E-state index in [1.54, 1.807) is 0 Å². The highest BCUT2D eigenvalue weighted by Gasteiger charge is 2.08. The van der Waals surface area contributed by atoms with E-state index in [4.69, 9.17) is 0 Å². The van der Waals surface area contributed by atoms with Gasteiger partial charge in [-0.1, -0.05) is 614 Å². The summed E-state index contributed by atoms with van der Waals surface area (Å²) in [6.45, 7) is 90.3. The van der Waals surface area contributed by atoms with Crippen molar-refractivity contribution in [3.8, 4) is 33.4 Å². The van der Waals surface area contributed by atoms with Gasteiger partial charge in [0, 0.05) is 0 Å². The monoisotopic (exact) mass is 1940 g/mol. The van der Waals surface area contributed by atoms with Crippen LogP contribution in [0.4, 0.5) is 0 Å². The molecule has 16 aromatic carbocycles. The molecule has 0 unspecified atom stereocenters. The number of benzene rings is 16. The number of hydrogen-bond donors (Lipinski definition) is 0. The van der Waals surface area contributed by atoms with Gasteiger partial charge in [-0.25, -0.2) is 0 Å². The summed E-state index contributed by atoms with van der Waals surface area (Å²) in [5.74, 6) is 0. The van der Waals surface area contributed by atoms with E-state index in [1.807, 2.05) is 222 Å². The molecule has 0 aliphatic carbocycles. The molecule has 0 bridgehead atoms. The molecule has 0 N–H and O–H groups in total. The van der Waals surface area contributed by atoms with Gasteiger partial charge < -0.3 is 0 Å². The van der Waals surface area contributed by atoms with E-state index < -0.39 is 0 Å². The number of rotatable bonds is 19. The Morgan fingerprint density at radius 2 is 0.222 bits per heavy atom. The molecule has 0 atom stereocenters. The minimum atomic E-state index is 1.01. The summed E-state index contributed by atoms with van der Waals surface area (Å²) in [5.41, 5.74) is 30.1. The Hall–Kier alpha value is -11.2. The molecule has 0 saturated heterocycles. The molecule has 0 spiro atoms. The molecule has 0 fully saturated rings. The summed E-state index contributed by atoms with van der Waals surface area (Å²) in [7, 11) is 0. The van der Waals surface area contributed by atoms with E-state index in [1.165, 1.54) is 176 Å². The minimum Gasteiger partial charge on any atom is -0.0683 e. The molecule has 16 rings (SSSR count). The Morgan fingerprint density at radius 1 is 0.0972 bits per heavy atom. The smallest absolute Gasteiger partial charge is 0.00258 e. The molecule has 16 aromatic rings. The second kappa shape index (κ2) is 96.6. The lowest BCUT2D eigenvalue weighted by atomic mass is 9.98. The van der Waals surface area contributed by atoms with Crippen LogP contribution in [0, 0.1) is 0 Å². The van der Waals surface area contributed by atoms with Gasteiger partial charge in [-0.3, -0.25) is 0 Å². The van der Waals surface area contributed by atoms with Crippen LogP contribution in [0.1, 0.15) is 394 Å². The SMILES string of the molecule is CC.CC.CC.CC.CC.CC.CC.CC.CC.CC.CC.CC.CC.CC.CC.CC.CCc1ccc(-c2ccc(-c3ccc(CC)cc3)cc2)cc1.CCc1ccc(-c2ccc3cc(CC)ccc3c2)cc1.CCc1ccc(CC)cc1.CCc1ccc(Cc2ccc(Cc3ccc(CC)cc3)cc2)cc1.CCc1ccc2c(ccc3cc(CC)ccc32)c1.CCc1ccc2cc3cc(CC)ccc3cc2c1. The van der Waals surface area contributed by atoms with Crippen LogP contribution in [0.2, 0.25) is 0 Å². The summed E-state index contributed by atoms with van der Waals surface area (Å²) < 4.78 is 0. The van der Waals surface area contributed by atoms with Crippen LogP contribution in [0.25, 0.3) is 87.2 Å². The Morgan fingerprint density at radius 3 is 0.431 bits per heavy atom. The summed E-state index contributed by atoms with van der Waals surface area (Å²) in [5, 5.41) is 13.5. The third kappa shape index (κ3) is 53.1. The first-order valence-corrected chi connectivity index (χ1v) is 58.0. The largest absolute Gasteiger partial charge is 0.0683 e. The van der Waals surface area contributed by atoms with Gasteiger partial charge in [-0.05, 0) is 284 Å². The van der Waals surface area contributed by atoms with Gasteiger partial charge in [0.1, 0.15) is 0 Å². The molecule has 0 heteroatoms. The highest BCUT2D eigenvalue weighted by atomic mass is 14.1. The van der Waals surface area contributed by atoms with E-state index in [2.05, 4.69) is 411 Å². The van der Waals surface area contributed by atoms with Crippen molar-refractivity contribution in [2.45, 2.75) is 395 Å². The van der Waals surface area contributed by atoms with Gasteiger partial charge in [0.2, 0.25) is 0 Å². The van der Waals surface area contributed by atoms with Crippen molar-refractivity contribution in [1.29, 1.82) is 0 Å². The first kappa shape index (κ1) is 143. The first-order valence-electron chi connectivity index (χ1n) is 58.0. The maximum absolute atomic E-state index is 2.31. The molecule has 0 amide bonds. The topological polar surface area (TPSA) is 0 Å².